The molecule has 0 aliphatic heterocycles. The lowest BCUT2D eigenvalue weighted by Crippen LogP contribution is -2.14. The predicted molar refractivity (Wildman–Crippen MR) is 65.9 cm³/mol. The van der Waals surface area contributed by atoms with Crippen molar-refractivity contribution in [1.29, 1.82) is 0 Å². The topological polar surface area (TPSA) is 88.5 Å². The first-order chi connectivity index (χ1) is 8.65. The summed E-state index contributed by atoms with van der Waals surface area (Å²) in [7, 11) is 0. The summed E-state index contributed by atoms with van der Waals surface area (Å²) >= 11 is 0. The van der Waals surface area contributed by atoms with Crippen molar-refractivity contribution in [1.82, 2.24) is 25.0 Å². The summed E-state index contributed by atoms with van der Waals surface area (Å²) in [4.78, 5) is 15.5. The number of aromatic nitrogens is 5. The standard InChI is InChI=1S/C11H16N6O/c1-8(2)9-5-10(16-15-9)14-11(18)3-4-17-7-12-6-13-17/h5-8H,3-4H2,1-2H3,(H2,14,15,16,18). The summed E-state index contributed by atoms with van der Waals surface area (Å²) in [5, 5.41) is 13.6. The Morgan fingerprint density at radius 3 is 3.00 bits per heavy atom. The van der Waals surface area contributed by atoms with Crippen molar-refractivity contribution in [3.8, 4) is 0 Å². The molecule has 0 unspecified atom stereocenters. The minimum absolute atomic E-state index is 0.0905. The van der Waals surface area contributed by atoms with Crippen LogP contribution in [-0.4, -0.2) is 30.9 Å². The van der Waals surface area contributed by atoms with Crippen molar-refractivity contribution in [2.45, 2.75) is 32.7 Å². The minimum Gasteiger partial charge on any atom is -0.309 e. The first kappa shape index (κ1) is 12.3. The van der Waals surface area contributed by atoms with Crippen molar-refractivity contribution in [3.63, 3.8) is 0 Å². The van der Waals surface area contributed by atoms with Gasteiger partial charge in [-0.15, -0.1) is 0 Å². The van der Waals surface area contributed by atoms with Crippen LogP contribution in [0, 0.1) is 0 Å². The Morgan fingerprint density at radius 1 is 1.56 bits per heavy atom. The van der Waals surface area contributed by atoms with E-state index in [9.17, 15) is 4.79 Å². The number of anilines is 1. The molecule has 2 rings (SSSR count). The molecule has 7 nitrogen and oxygen atoms in total. The summed E-state index contributed by atoms with van der Waals surface area (Å²) in [6.45, 7) is 4.63. The van der Waals surface area contributed by atoms with E-state index in [0.29, 0.717) is 24.7 Å². The van der Waals surface area contributed by atoms with E-state index in [4.69, 9.17) is 0 Å². The maximum Gasteiger partial charge on any atom is 0.227 e. The maximum absolute atomic E-state index is 11.7. The second kappa shape index (κ2) is 5.44. The average molecular weight is 248 g/mol. The largest absolute Gasteiger partial charge is 0.309 e. The fourth-order valence-electron chi connectivity index (χ4n) is 1.47. The molecule has 0 saturated carbocycles. The zero-order valence-corrected chi connectivity index (χ0v) is 10.4. The molecule has 2 heterocycles. The number of nitrogens with one attached hydrogen (secondary N) is 2. The molecule has 0 aromatic carbocycles. The molecule has 0 bridgehead atoms. The monoisotopic (exact) mass is 248 g/mol. The molecule has 0 spiro atoms. The number of aryl methyl sites for hydroxylation is 1. The normalized spacial score (nSPS) is 10.8. The highest BCUT2D eigenvalue weighted by Gasteiger charge is 2.08. The Labute approximate surface area is 105 Å². The zero-order chi connectivity index (χ0) is 13.0. The van der Waals surface area contributed by atoms with E-state index in [0.717, 1.165) is 5.69 Å². The first-order valence-electron chi connectivity index (χ1n) is 5.82. The average Bonchev–Trinajstić information content (AvgIpc) is 2.96. The maximum atomic E-state index is 11.7. The molecule has 2 aromatic rings. The molecule has 2 aromatic heterocycles. The molecule has 2 N–H and O–H groups in total. The highest BCUT2D eigenvalue weighted by molar-refractivity contribution is 5.89. The Balaban J connectivity index is 1.83. The molecule has 18 heavy (non-hydrogen) atoms. The van der Waals surface area contributed by atoms with E-state index in [2.05, 4.69) is 39.4 Å². The van der Waals surface area contributed by atoms with Gasteiger partial charge in [-0.3, -0.25) is 14.6 Å². The highest BCUT2D eigenvalue weighted by atomic mass is 16.1. The lowest BCUT2D eigenvalue weighted by molar-refractivity contribution is -0.116. The van der Waals surface area contributed by atoms with E-state index in [1.165, 1.54) is 6.33 Å². The lowest BCUT2D eigenvalue weighted by atomic mass is 10.1. The van der Waals surface area contributed by atoms with Crippen LogP contribution in [0.4, 0.5) is 5.82 Å². The molecule has 7 heteroatoms. The fourth-order valence-corrected chi connectivity index (χ4v) is 1.47. The van der Waals surface area contributed by atoms with Gasteiger partial charge in [0.25, 0.3) is 0 Å². The van der Waals surface area contributed by atoms with Gasteiger partial charge < -0.3 is 5.32 Å². The second-order valence-corrected chi connectivity index (χ2v) is 4.32. The zero-order valence-electron chi connectivity index (χ0n) is 10.4. The summed E-state index contributed by atoms with van der Waals surface area (Å²) < 4.78 is 1.61. The molecule has 1 amide bonds. The van der Waals surface area contributed by atoms with Crippen LogP contribution in [0.1, 0.15) is 31.9 Å². The number of hydrogen-bond acceptors (Lipinski definition) is 4. The summed E-state index contributed by atoms with van der Waals surface area (Å²) in [6, 6.07) is 1.85. The molecule has 0 atom stereocenters. The van der Waals surface area contributed by atoms with Crippen LogP contribution >= 0.6 is 0 Å². The Kier molecular flexibility index (Phi) is 3.71. The number of nitrogens with zero attached hydrogens (tertiary/aromatic N) is 4. The quantitative estimate of drug-likeness (QED) is 0.830. The van der Waals surface area contributed by atoms with Gasteiger partial charge in [0.2, 0.25) is 5.91 Å². The van der Waals surface area contributed by atoms with Gasteiger partial charge in [0.1, 0.15) is 12.7 Å². The van der Waals surface area contributed by atoms with Crippen LogP contribution in [-0.2, 0) is 11.3 Å². The first-order valence-corrected chi connectivity index (χ1v) is 5.82. The van der Waals surface area contributed by atoms with Crippen LogP contribution in [0.3, 0.4) is 0 Å². The molecule has 96 valence electrons. The van der Waals surface area contributed by atoms with Gasteiger partial charge in [-0.05, 0) is 5.92 Å². The number of H-pyrrole nitrogens is 1. The predicted octanol–water partition coefficient (Wildman–Crippen LogP) is 1.15. The number of carbonyl (C=O) groups excluding carboxylic acids is 1. The molecular formula is C11H16N6O. The third-order valence-electron chi connectivity index (χ3n) is 2.52. The van der Waals surface area contributed by atoms with Gasteiger partial charge in [-0.1, -0.05) is 13.8 Å². The van der Waals surface area contributed by atoms with Gasteiger partial charge in [-0.25, -0.2) is 4.98 Å². The number of rotatable bonds is 5. The minimum atomic E-state index is -0.0905. The van der Waals surface area contributed by atoms with Crippen LogP contribution in [0.15, 0.2) is 18.7 Å². The van der Waals surface area contributed by atoms with E-state index in [1.54, 1.807) is 11.0 Å². The van der Waals surface area contributed by atoms with Crippen LogP contribution in [0.25, 0.3) is 0 Å². The second-order valence-electron chi connectivity index (χ2n) is 4.32. The van der Waals surface area contributed by atoms with Gasteiger partial charge in [0.05, 0.1) is 6.54 Å². The van der Waals surface area contributed by atoms with E-state index < -0.39 is 0 Å². The summed E-state index contributed by atoms with van der Waals surface area (Å²) in [6.07, 6.45) is 3.37. The van der Waals surface area contributed by atoms with Crippen LogP contribution in [0.2, 0.25) is 0 Å². The van der Waals surface area contributed by atoms with Gasteiger partial charge >= 0.3 is 0 Å². The van der Waals surface area contributed by atoms with Crippen molar-refractivity contribution in [3.05, 3.63) is 24.4 Å². The molecule has 0 aliphatic carbocycles. The fraction of sp³-hybridized carbons (Fsp3) is 0.455. The number of aromatic amines is 1. The van der Waals surface area contributed by atoms with Crippen molar-refractivity contribution >= 4 is 11.7 Å². The molecule has 0 radical (unpaired) electrons. The van der Waals surface area contributed by atoms with Gasteiger partial charge in [0, 0.05) is 18.2 Å². The number of hydrogen-bond donors (Lipinski definition) is 2. The van der Waals surface area contributed by atoms with Crippen molar-refractivity contribution < 1.29 is 4.79 Å². The smallest absolute Gasteiger partial charge is 0.227 e. The van der Waals surface area contributed by atoms with Crippen LogP contribution in [0.5, 0.6) is 0 Å². The molecule has 0 saturated heterocycles. The Bertz CT molecular complexity index is 501. The SMILES string of the molecule is CC(C)c1cc(NC(=O)CCn2cncn2)n[nH]1. The van der Waals surface area contributed by atoms with E-state index >= 15 is 0 Å². The third-order valence-corrected chi connectivity index (χ3v) is 2.52. The van der Waals surface area contributed by atoms with Gasteiger partial charge in [0.15, 0.2) is 5.82 Å². The van der Waals surface area contributed by atoms with Crippen molar-refractivity contribution in [2.75, 3.05) is 5.32 Å². The lowest BCUT2D eigenvalue weighted by Gasteiger charge is -2.01. The third kappa shape index (κ3) is 3.16. The number of amides is 1. The van der Waals surface area contributed by atoms with Crippen molar-refractivity contribution in [2.24, 2.45) is 0 Å². The summed E-state index contributed by atoms with van der Waals surface area (Å²) in [5.74, 6) is 0.827. The molecule has 0 aliphatic rings. The Morgan fingerprint density at radius 2 is 2.39 bits per heavy atom. The van der Waals surface area contributed by atoms with E-state index in [1.807, 2.05) is 6.07 Å². The van der Waals surface area contributed by atoms with E-state index in [-0.39, 0.29) is 5.91 Å². The van der Waals surface area contributed by atoms with Gasteiger partial charge in [-0.2, -0.15) is 10.2 Å². The highest BCUT2D eigenvalue weighted by Crippen LogP contribution is 2.14. The summed E-state index contributed by atoms with van der Waals surface area (Å²) in [5.41, 5.74) is 1.00. The number of carbonyl (C=O) groups is 1. The molecule has 0 fully saturated rings. The van der Waals surface area contributed by atoms with Crippen LogP contribution < -0.4 is 5.32 Å². The molecular weight excluding hydrogens is 232 g/mol. The Hall–Kier alpha value is -2.18.